The van der Waals surface area contributed by atoms with Gasteiger partial charge in [0.15, 0.2) is 23.4 Å². The van der Waals surface area contributed by atoms with Gasteiger partial charge in [-0.25, -0.2) is 9.78 Å². The number of phenols is 2. The van der Waals surface area contributed by atoms with Crippen molar-refractivity contribution < 1.29 is 34.0 Å². The summed E-state index contributed by atoms with van der Waals surface area (Å²) in [5.74, 6) is -0.907. The second-order valence-corrected chi connectivity index (χ2v) is 7.50. The summed E-state index contributed by atoms with van der Waals surface area (Å²) in [5, 5.41) is 29.2. The maximum Gasteiger partial charge on any atom is 0.344 e. The molecular formula is C24H21FN2O6. The van der Waals surface area contributed by atoms with Crippen LogP contribution in [0.3, 0.4) is 0 Å². The van der Waals surface area contributed by atoms with E-state index in [1.165, 1.54) is 37.3 Å². The smallest absolute Gasteiger partial charge is 0.344 e. The van der Waals surface area contributed by atoms with E-state index in [1.807, 2.05) is 0 Å². The standard InChI is InChI=1S/C24H21FN2O6/c1-13-22(33-17-6-4-16(28)5-7-17)18-8-10-21(25)26-23(18)27(13)12-15-3-9-19(29)20(11-15)32-14(2)24(30)31/h3-11,14,28-29H,12H2,1-2H3,(H,30,31). The van der Waals surface area contributed by atoms with Gasteiger partial charge in [-0.3, -0.25) is 0 Å². The van der Waals surface area contributed by atoms with Crippen LogP contribution in [0.15, 0.2) is 54.6 Å². The topological polar surface area (TPSA) is 114 Å². The highest BCUT2D eigenvalue weighted by Crippen LogP contribution is 2.37. The molecular weight excluding hydrogens is 431 g/mol. The third kappa shape index (κ3) is 4.52. The van der Waals surface area contributed by atoms with Crippen LogP contribution in [0.2, 0.25) is 0 Å². The van der Waals surface area contributed by atoms with Crippen molar-refractivity contribution in [1.82, 2.24) is 9.55 Å². The Kier molecular flexibility index (Phi) is 5.78. The van der Waals surface area contributed by atoms with Crippen LogP contribution in [0.25, 0.3) is 11.0 Å². The van der Waals surface area contributed by atoms with Gasteiger partial charge in [0.25, 0.3) is 0 Å². The van der Waals surface area contributed by atoms with Crippen LogP contribution in [-0.2, 0) is 11.3 Å². The Hall–Kier alpha value is -4.27. The van der Waals surface area contributed by atoms with Crippen LogP contribution in [0.4, 0.5) is 4.39 Å². The molecule has 4 rings (SSSR count). The summed E-state index contributed by atoms with van der Waals surface area (Å²) in [4.78, 5) is 15.1. The molecule has 0 fully saturated rings. The van der Waals surface area contributed by atoms with Crippen molar-refractivity contribution in [3.05, 3.63) is 71.8 Å². The van der Waals surface area contributed by atoms with Crippen molar-refractivity contribution in [2.75, 3.05) is 0 Å². The molecule has 0 spiro atoms. The summed E-state index contributed by atoms with van der Waals surface area (Å²) < 4.78 is 27.1. The summed E-state index contributed by atoms with van der Waals surface area (Å²) in [6, 6.07) is 13.6. The maximum atomic E-state index is 14.0. The Balaban J connectivity index is 1.74. The van der Waals surface area contributed by atoms with Crippen molar-refractivity contribution in [2.45, 2.75) is 26.5 Å². The van der Waals surface area contributed by atoms with E-state index in [9.17, 15) is 19.4 Å². The molecule has 2 aromatic heterocycles. The number of fused-ring (bicyclic) bond motifs is 1. The fraction of sp³-hybridized carbons (Fsp3) is 0.167. The minimum absolute atomic E-state index is 0.0243. The number of hydrogen-bond donors (Lipinski definition) is 3. The number of nitrogens with zero attached hydrogens (tertiary/aromatic N) is 2. The molecule has 1 unspecified atom stereocenters. The highest BCUT2D eigenvalue weighted by molar-refractivity contribution is 5.86. The first-order valence-corrected chi connectivity index (χ1v) is 10.1. The van der Waals surface area contributed by atoms with E-state index in [4.69, 9.17) is 14.6 Å². The summed E-state index contributed by atoms with van der Waals surface area (Å²) >= 11 is 0. The lowest BCUT2D eigenvalue weighted by atomic mass is 10.2. The van der Waals surface area contributed by atoms with Crippen LogP contribution in [-0.4, -0.2) is 36.9 Å². The molecule has 9 heteroatoms. The number of carbonyl (C=O) groups is 1. The van der Waals surface area contributed by atoms with Gasteiger partial charge in [0.1, 0.15) is 17.1 Å². The van der Waals surface area contributed by atoms with E-state index in [2.05, 4.69) is 4.98 Å². The Morgan fingerprint density at radius 3 is 2.55 bits per heavy atom. The average Bonchev–Trinajstić information content (AvgIpc) is 3.02. The number of hydrogen-bond acceptors (Lipinski definition) is 6. The van der Waals surface area contributed by atoms with Crippen molar-refractivity contribution >= 4 is 17.0 Å². The van der Waals surface area contributed by atoms with Gasteiger partial charge in [0.05, 0.1) is 11.1 Å². The van der Waals surface area contributed by atoms with E-state index in [1.54, 1.807) is 35.8 Å². The summed E-state index contributed by atoms with van der Waals surface area (Å²) in [6.07, 6.45) is -1.15. The highest BCUT2D eigenvalue weighted by atomic mass is 19.1. The number of halogens is 1. The van der Waals surface area contributed by atoms with Crippen molar-refractivity contribution in [3.8, 4) is 28.7 Å². The zero-order valence-corrected chi connectivity index (χ0v) is 17.8. The molecule has 1 atom stereocenters. The molecule has 2 aromatic carbocycles. The number of carboxylic acid groups (broad SMARTS) is 1. The Morgan fingerprint density at radius 1 is 1.12 bits per heavy atom. The molecule has 0 aliphatic rings. The number of carboxylic acids is 1. The van der Waals surface area contributed by atoms with Gasteiger partial charge in [-0.05, 0) is 67.9 Å². The summed E-state index contributed by atoms with van der Waals surface area (Å²) in [7, 11) is 0. The number of pyridine rings is 1. The fourth-order valence-corrected chi connectivity index (χ4v) is 3.41. The Bertz CT molecular complexity index is 1330. The molecule has 33 heavy (non-hydrogen) atoms. The van der Waals surface area contributed by atoms with E-state index in [0.717, 1.165) is 0 Å². The quantitative estimate of drug-likeness (QED) is 0.352. The van der Waals surface area contributed by atoms with Gasteiger partial charge in [-0.15, -0.1) is 0 Å². The minimum atomic E-state index is -1.16. The molecule has 0 saturated heterocycles. The first-order valence-electron chi connectivity index (χ1n) is 10.1. The van der Waals surface area contributed by atoms with Gasteiger partial charge in [-0.2, -0.15) is 4.39 Å². The number of rotatable bonds is 7. The van der Waals surface area contributed by atoms with Gasteiger partial charge in [-0.1, -0.05) is 6.07 Å². The summed E-state index contributed by atoms with van der Waals surface area (Å²) in [5.41, 5.74) is 1.70. The van der Waals surface area contributed by atoms with Crippen molar-refractivity contribution in [1.29, 1.82) is 0 Å². The average molecular weight is 452 g/mol. The van der Waals surface area contributed by atoms with E-state index in [-0.39, 0.29) is 23.8 Å². The van der Waals surface area contributed by atoms with Crippen LogP contribution >= 0.6 is 0 Å². The molecule has 0 aliphatic carbocycles. The molecule has 0 aliphatic heterocycles. The van der Waals surface area contributed by atoms with Crippen molar-refractivity contribution in [3.63, 3.8) is 0 Å². The molecule has 4 aromatic rings. The normalized spacial score (nSPS) is 12.0. The zero-order valence-electron chi connectivity index (χ0n) is 17.8. The molecule has 3 N–H and O–H groups in total. The third-order valence-electron chi connectivity index (χ3n) is 5.15. The number of ether oxygens (including phenoxy) is 2. The highest BCUT2D eigenvalue weighted by Gasteiger charge is 2.20. The van der Waals surface area contributed by atoms with E-state index in [0.29, 0.717) is 33.8 Å². The predicted molar refractivity (Wildman–Crippen MR) is 118 cm³/mol. The number of aromatic nitrogens is 2. The second kappa shape index (κ2) is 8.70. The lowest BCUT2D eigenvalue weighted by Gasteiger charge is -2.14. The monoisotopic (exact) mass is 452 g/mol. The lowest BCUT2D eigenvalue weighted by Crippen LogP contribution is -2.23. The second-order valence-electron chi connectivity index (χ2n) is 7.50. The van der Waals surface area contributed by atoms with Crippen LogP contribution < -0.4 is 9.47 Å². The third-order valence-corrected chi connectivity index (χ3v) is 5.15. The van der Waals surface area contributed by atoms with E-state index >= 15 is 0 Å². The van der Waals surface area contributed by atoms with Crippen LogP contribution in [0, 0.1) is 12.9 Å². The molecule has 0 bridgehead atoms. The van der Waals surface area contributed by atoms with Crippen molar-refractivity contribution in [2.24, 2.45) is 0 Å². The molecule has 170 valence electrons. The largest absolute Gasteiger partial charge is 0.508 e. The van der Waals surface area contributed by atoms with Gasteiger partial charge in [0, 0.05) is 6.54 Å². The van der Waals surface area contributed by atoms with Gasteiger partial charge < -0.3 is 29.4 Å². The van der Waals surface area contributed by atoms with Gasteiger partial charge in [0.2, 0.25) is 5.95 Å². The molecule has 2 heterocycles. The SMILES string of the molecule is Cc1c(Oc2ccc(O)cc2)c2ccc(F)nc2n1Cc1ccc(O)c(OC(C)C(=O)O)c1. The first-order chi connectivity index (χ1) is 15.7. The molecule has 8 nitrogen and oxygen atoms in total. The van der Waals surface area contributed by atoms with E-state index < -0.39 is 18.0 Å². The van der Waals surface area contributed by atoms with Crippen LogP contribution in [0.5, 0.6) is 28.7 Å². The molecule has 0 amide bonds. The first kappa shape index (κ1) is 21.9. The molecule has 0 saturated carbocycles. The van der Waals surface area contributed by atoms with Crippen LogP contribution in [0.1, 0.15) is 18.2 Å². The van der Waals surface area contributed by atoms with Gasteiger partial charge >= 0.3 is 5.97 Å². The fourth-order valence-electron chi connectivity index (χ4n) is 3.41. The Morgan fingerprint density at radius 2 is 1.85 bits per heavy atom. The number of benzene rings is 2. The number of aliphatic carboxylic acids is 1. The minimum Gasteiger partial charge on any atom is -0.508 e. The number of phenolic OH excluding ortho intramolecular Hbond substituents is 2. The number of aromatic hydroxyl groups is 2. The maximum absolute atomic E-state index is 14.0. The predicted octanol–water partition coefficient (Wildman–Crippen LogP) is 4.59. The lowest BCUT2D eigenvalue weighted by molar-refractivity contribution is -0.144. The Labute approximate surface area is 188 Å². The molecule has 0 radical (unpaired) electrons. The zero-order chi connectivity index (χ0) is 23.7. The summed E-state index contributed by atoms with van der Waals surface area (Å²) in [6.45, 7) is 3.40.